The fraction of sp³-hybridized carbons (Fsp3) is 0.0909. The third-order valence-electron chi connectivity index (χ3n) is 4.43. The minimum Gasteiger partial charge on any atom is -0.493 e. The predicted molar refractivity (Wildman–Crippen MR) is 104 cm³/mol. The van der Waals surface area contributed by atoms with Gasteiger partial charge < -0.3 is 9.47 Å². The van der Waals surface area contributed by atoms with Gasteiger partial charge in [-0.25, -0.2) is 4.98 Å². The summed E-state index contributed by atoms with van der Waals surface area (Å²) in [6, 6.07) is 22.4. The van der Waals surface area contributed by atoms with Crippen molar-refractivity contribution in [2.24, 2.45) is 0 Å². The normalized spacial score (nSPS) is 10.7. The third kappa shape index (κ3) is 2.93. The van der Waals surface area contributed by atoms with Crippen LogP contribution in [0.25, 0.3) is 22.4 Å². The molecule has 27 heavy (non-hydrogen) atoms. The van der Waals surface area contributed by atoms with Gasteiger partial charge in [0.15, 0.2) is 11.5 Å². The van der Waals surface area contributed by atoms with Crippen molar-refractivity contribution in [2.75, 3.05) is 14.2 Å². The molecule has 0 aliphatic carbocycles. The van der Waals surface area contributed by atoms with Crippen LogP contribution in [0.15, 0.2) is 72.8 Å². The van der Waals surface area contributed by atoms with Crippen molar-refractivity contribution in [3.05, 3.63) is 78.4 Å². The number of nitrogens with zero attached hydrogens (tertiary/aromatic N) is 2. The minimum absolute atomic E-state index is 0.177. The van der Waals surface area contributed by atoms with Crippen molar-refractivity contribution in [1.29, 1.82) is 0 Å². The summed E-state index contributed by atoms with van der Waals surface area (Å²) in [7, 11) is 3.12. The van der Waals surface area contributed by atoms with Crippen LogP contribution in [-0.2, 0) is 0 Å². The number of rotatable bonds is 4. The number of carbonyl (C=O) groups is 1. The molecule has 4 aromatic rings. The first-order valence-electron chi connectivity index (χ1n) is 8.52. The molecule has 0 spiro atoms. The van der Waals surface area contributed by atoms with Gasteiger partial charge in [0.2, 0.25) is 0 Å². The molecule has 0 bridgehead atoms. The van der Waals surface area contributed by atoms with E-state index < -0.39 is 0 Å². The van der Waals surface area contributed by atoms with Crippen LogP contribution in [0.2, 0.25) is 0 Å². The van der Waals surface area contributed by atoms with E-state index in [9.17, 15) is 4.79 Å². The number of para-hydroxylation sites is 2. The van der Waals surface area contributed by atoms with Gasteiger partial charge in [-0.05, 0) is 30.3 Å². The second-order valence-electron chi connectivity index (χ2n) is 6.00. The van der Waals surface area contributed by atoms with Gasteiger partial charge in [0, 0.05) is 11.1 Å². The lowest BCUT2D eigenvalue weighted by Crippen LogP contribution is -2.13. The second kappa shape index (κ2) is 6.96. The number of fused-ring (bicyclic) bond motifs is 1. The number of carbonyl (C=O) groups excluding carboxylic acids is 1. The van der Waals surface area contributed by atoms with E-state index in [0.29, 0.717) is 22.9 Å². The van der Waals surface area contributed by atoms with Crippen LogP contribution in [0.5, 0.6) is 11.5 Å². The smallest absolute Gasteiger partial charge is 0.264 e. The molecule has 0 saturated heterocycles. The average molecular weight is 358 g/mol. The van der Waals surface area contributed by atoms with E-state index in [4.69, 9.17) is 14.5 Å². The third-order valence-corrected chi connectivity index (χ3v) is 4.43. The first kappa shape index (κ1) is 16.8. The Bertz CT molecular complexity index is 1120. The largest absolute Gasteiger partial charge is 0.493 e. The van der Waals surface area contributed by atoms with Crippen LogP contribution < -0.4 is 9.47 Å². The summed E-state index contributed by atoms with van der Waals surface area (Å²) < 4.78 is 12.3. The summed E-state index contributed by atoms with van der Waals surface area (Å²) in [6.07, 6.45) is 0. The number of benzene rings is 3. The van der Waals surface area contributed by atoms with Crippen molar-refractivity contribution in [3.63, 3.8) is 0 Å². The number of methoxy groups -OCH3 is 2. The van der Waals surface area contributed by atoms with Crippen molar-refractivity contribution in [3.8, 4) is 22.9 Å². The summed E-state index contributed by atoms with van der Waals surface area (Å²) in [5.41, 5.74) is 2.90. The molecule has 0 amide bonds. The van der Waals surface area contributed by atoms with Gasteiger partial charge in [0.05, 0.1) is 25.3 Å². The molecule has 1 aromatic heterocycles. The number of ether oxygens (including phenoxy) is 2. The highest BCUT2D eigenvalue weighted by Crippen LogP contribution is 2.30. The van der Waals surface area contributed by atoms with Crippen molar-refractivity contribution in [2.45, 2.75) is 0 Å². The molecule has 0 aliphatic heterocycles. The molecular weight excluding hydrogens is 340 g/mol. The first-order chi connectivity index (χ1) is 13.2. The van der Waals surface area contributed by atoms with Crippen LogP contribution in [0.3, 0.4) is 0 Å². The molecule has 5 nitrogen and oxygen atoms in total. The lowest BCUT2D eigenvalue weighted by molar-refractivity contribution is 0.0966. The highest BCUT2D eigenvalue weighted by molar-refractivity contribution is 6.04. The Morgan fingerprint density at radius 1 is 0.852 bits per heavy atom. The van der Waals surface area contributed by atoms with E-state index in [1.165, 1.54) is 0 Å². The van der Waals surface area contributed by atoms with E-state index in [2.05, 4.69) is 0 Å². The van der Waals surface area contributed by atoms with Crippen LogP contribution in [0, 0.1) is 0 Å². The maximum Gasteiger partial charge on any atom is 0.264 e. The molecule has 0 atom stereocenters. The second-order valence-corrected chi connectivity index (χ2v) is 6.00. The van der Waals surface area contributed by atoms with Crippen molar-refractivity contribution < 1.29 is 14.3 Å². The zero-order chi connectivity index (χ0) is 18.8. The van der Waals surface area contributed by atoms with Gasteiger partial charge in [-0.2, -0.15) is 0 Å². The molecule has 0 fully saturated rings. The average Bonchev–Trinajstić information content (AvgIpc) is 3.13. The number of hydrogen-bond acceptors (Lipinski definition) is 4. The van der Waals surface area contributed by atoms with E-state index in [1.807, 2.05) is 54.6 Å². The molecule has 3 aromatic carbocycles. The summed E-state index contributed by atoms with van der Waals surface area (Å²) in [5, 5.41) is 0. The minimum atomic E-state index is -0.177. The fourth-order valence-electron chi connectivity index (χ4n) is 3.11. The molecular formula is C22H18N2O3. The zero-order valence-electron chi connectivity index (χ0n) is 15.0. The molecule has 134 valence electrons. The van der Waals surface area contributed by atoms with Crippen molar-refractivity contribution in [1.82, 2.24) is 9.55 Å². The Balaban J connectivity index is 1.92. The van der Waals surface area contributed by atoms with E-state index in [-0.39, 0.29) is 5.91 Å². The highest BCUT2D eigenvalue weighted by atomic mass is 16.5. The maximum atomic E-state index is 13.4. The number of aromatic nitrogens is 2. The summed E-state index contributed by atoms with van der Waals surface area (Å²) in [5.74, 6) is 1.52. The lowest BCUT2D eigenvalue weighted by Gasteiger charge is -2.11. The lowest BCUT2D eigenvalue weighted by atomic mass is 10.1. The molecule has 5 heteroatoms. The van der Waals surface area contributed by atoms with Gasteiger partial charge in [-0.3, -0.25) is 9.36 Å². The zero-order valence-corrected chi connectivity index (χ0v) is 15.0. The van der Waals surface area contributed by atoms with E-state index in [0.717, 1.165) is 16.6 Å². The Morgan fingerprint density at radius 2 is 1.56 bits per heavy atom. The summed E-state index contributed by atoms with van der Waals surface area (Å²) in [6.45, 7) is 0. The Morgan fingerprint density at radius 3 is 2.30 bits per heavy atom. The van der Waals surface area contributed by atoms with Gasteiger partial charge in [0.1, 0.15) is 5.82 Å². The van der Waals surface area contributed by atoms with E-state index in [1.54, 1.807) is 37.0 Å². The molecule has 0 radical (unpaired) electrons. The quantitative estimate of drug-likeness (QED) is 0.542. The highest BCUT2D eigenvalue weighted by Gasteiger charge is 2.20. The first-order valence-corrected chi connectivity index (χ1v) is 8.52. The topological polar surface area (TPSA) is 53.4 Å². The number of imidazole rings is 1. The summed E-state index contributed by atoms with van der Waals surface area (Å²) >= 11 is 0. The monoisotopic (exact) mass is 358 g/mol. The standard InChI is InChI=1S/C22H18N2O3/c1-26-19-13-12-16(14-20(19)27-2)22(25)24-18-11-7-6-10-17(18)23-21(24)15-8-4-3-5-9-15/h3-14H,1-2H3. The SMILES string of the molecule is COc1ccc(C(=O)n2c(-c3ccccc3)nc3ccccc32)cc1OC. The van der Waals surface area contributed by atoms with Gasteiger partial charge in [-0.1, -0.05) is 42.5 Å². The molecule has 4 rings (SSSR count). The van der Waals surface area contributed by atoms with Gasteiger partial charge >= 0.3 is 0 Å². The van der Waals surface area contributed by atoms with Gasteiger partial charge in [-0.15, -0.1) is 0 Å². The van der Waals surface area contributed by atoms with E-state index >= 15 is 0 Å². The maximum absolute atomic E-state index is 13.4. The van der Waals surface area contributed by atoms with Gasteiger partial charge in [0.25, 0.3) is 5.91 Å². The van der Waals surface area contributed by atoms with Crippen LogP contribution in [0.4, 0.5) is 0 Å². The number of hydrogen-bond donors (Lipinski definition) is 0. The fourth-order valence-corrected chi connectivity index (χ4v) is 3.11. The summed E-state index contributed by atoms with van der Waals surface area (Å²) in [4.78, 5) is 18.1. The molecule has 0 unspecified atom stereocenters. The van der Waals surface area contributed by atoms with Crippen LogP contribution in [0.1, 0.15) is 10.4 Å². The molecule has 0 saturated carbocycles. The van der Waals surface area contributed by atoms with Crippen molar-refractivity contribution >= 4 is 16.9 Å². The molecule has 0 N–H and O–H groups in total. The van der Waals surface area contributed by atoms with Crippen LogP contribution in [-0.4, -0.2) is 29.7 Å². The Labute approximate surface area is 156 Å². The predicted octanol–water partition coefficient (Wildman–Crippen LogP) is 4.41. The Hall–Kier alpha value is -3.60. The van der Waals surface area contributed by atoms with Crippen LogP contribution >= 0.6 is 0 Å². The molecule has 0 aliphatic rings. The Kier molecular flexibility index (Phi) is 4.34. The molecule has 1 heterocycles.